The van der Waals surface area contributed by atoms with Crippen molar-refractivity contribution >= 4 is 17.7 Å². The highest BCUT2D eigenvalue weighted by Gasteiger charge is 2.27. The fraction of sp³-hybridized carbons (Fsp3) is 0.667. The van der Waals surface area contributed by atoms with Crippen LogP contribution in [0.5, 0.6) is 5.75 Å². The van der Waals surface area contributed by atoms with E-state index in [0.29, 0.717) is 16.9 Å². The molecule has 1 saturated carbocycles. The van der Waals surface area contributed by atoms with Gasteiger partial charge in [0.05, 0.1) is 6.10 Å². The molecule has 6 heteroatoms. The van der Waals surface area contributed by atoms with Gasteiger partial charge in [-0.2, -0.15) is 0 Å². The standard InChI is InChI=1S/C21H33ClN2O3/c1-4-24(5-2)15-6-16-26-19-13-9-18(10-14-19)23(3)21(25)27-20-11-7-17(22)8-12-20/h7-8,11-12,18-19H,4-6,9-10,13-16H2,1-3H3. The third-order valence-electron chi connectivity index (χ3n) is 5.36. The van der Waals surface area contributed by atoms with Crippen molar-refractivity contribution in [2.75, 3.05) is 33.3 Å². The highest BCUT2D eigenvalue weighted by Crippen LogP contribution is 2.25. The van der Waals surface area contributed by atoms with E-state index < -0.39 is 0 Å². The van der Waals surface area contributed by atoms with Gasteiger partial charge in [0.25, 0.3) is 0 Å². The van der Waals surface area contributed by atoms with Gasteiger partial charge < -0.3 is 19.3 Å². The molecule has 0 heterocycles. The van der Waals surface area contributed by atoms with Gasteiger partial charge in [-0.1, -0.05) is 25.4 Å². The maximum absolute atomic E-state index is 12.3. The summed E-state index contributed by atoms with van der Waals surface area (Å²) in [6.45, 7) is 8.50. The summed E-state index contributed by atoms with van der Waals surface area (Å²) in [6.07, 6.45) is 4.97. The zero-order chi connectivity index (χ0) is 19.6. The van der Waals surface area contributed by atoms with Crippen molar-refractivity contribution in [3.05, 3.63) is 29.3 Å². The maximum Gasteiger partial charge on any atom is 0.415 e. The van der Waals surface area contributed by atoms with E-state index in [-0.39, 0.29) is 12.1 Å². The van der Waals surface area contributed by atoms with Gasteiger partial charge in [0, 0.05) is 31.3 Å². The number of carbonyl (C=O) groups is 1. The molecule has 0 spiro atoms. The first-order chi connectivity index (χ1) is 13.0. The number of rotatable bonds is 9. The molecule has 0 radical (unpaired) electrons. The summed E-state index contributed by atoms with van der Waals surface area (Å²) in [6, 6.07) is 7.05. The van der Waals surface area contributed by atoms with E-state index in [9.17, 15) is 4.79 Å². The minimum Gasteiger partial charge on any atom is -0.410 e. The normalized spacial score (nSPS) is 19.9. The fourth-order valence-corrected chi connectivity index (χ4v) is 3.63. The van der Waals surface area contributed by atoms with Crippen LogP contribution in [0.15, 0.2) is 24.3 Å². The topological polar surface area (TPSA) is 42.0 Å². The van der Waals surface area contributed by atoms with Gasteiger partial charge in [0.1, 0.15) is 5.75 Å². The monoisotopic (exact) mass is 396 g/mol. The number of hydrogen-bond acceptors (Lipinski definition) is 4. The minimum atomic E-state index is -0.319. The van der Waals surface area contributed by atoms with Crippen LogP contribution in [-0.2, 0) is 4.74 Å². The van der Waals surface area contributed by atoms with Crippen LogP contribution in [-0.4, -0.2) is 61.3 Å². The molecule has 1 aliphatic rings. The highest BCUT2D eigenvalue weighted by molar-refractivity contribution is 6.30. The van der Waals surface area contributed by atoms with Crippen molar-refractivity contribution in [3.63, 3.8) is 0 Å². The Morgan fingerprint density at radius 1 is 1.11 bits per heavy atom. The van der Waals surface area contributed by atoms with Crippen LogP contribution in [0.2, 0.25) is 5.02 Å². The van der Waals surface area contributed by atoms with Crippen molar-refractivity contribution in [2.45, 2.75) is 58.1 Å². The molecule has 152 valence electrons. The molecule has 1 amide bonds. The highest BCUT2D eigenvalue weighted by atomic mass is 35.5. The van der Waals surface area contributed by atoms with E-state index in [4.69, 9.17) is 21.1 Å². The van der Waals surface area contributed by atoms with Crippen molar-refractivity contribution in [1.82, 2.24) is 9.80 Å². The van der Waals surface area contributed by atoms with Crippen molar-refractivity contribution in [2.24, 2.45) is 0 Å². The van der Waals surface area contributed by atoms with E-state index >= 15 is 0 Å². The average molecular weight is 397 g/mol. The second kappa shape index (κ2) is 11.5. The molecule has 5 nitrogen and oxygen atoms in total. The second-order valence-electron chi connectivity index (χ2n) is 7.11. The zero-order valence-corrected chi connectivity index (χ0v) is 17.6. The lowest BCUT2D eigenvalue weighted by Gasteiger charge is -2.34. The van der Waals surface area contributed by atoms with Crippen LogP contribution in [0.1, 0.15) is 46.0 Å². The molecule has 2 rings (SSSR count). The lowest BCUT2D eigenvalue weighted by Crippen LogP contribution is -2.42. The summed E-state index contributed by atoms with van der Waals surface area (Å²) in [5.74, 6) is 0.515. The molecule has 0 aliphatic heterocycles. The third-order valence-corrected chi connectivity index (χ3v) is 5.62. The number of amides is 1. The molecule has 1 aromatic rings. The Morgan fingerprint density at radius 3 is 2.33 bits per heavy atom. The molecular formula is C21H33ClN2O3. The number of halogens is 1. The van der Waals surface area contributed by atoms with E-state index in [1.165, 1.54) is 0 Å². The summed E-state index contributed by atoms with van der Waals surface area (Å²) in [5.41, 5.74) is 0. The molecule has 0 saturated heterocycles. The van der Waals surface area contributed by atoms with Crippen LogP contribution >= 0.6 is 11.6 Å². The lowest BCUT2D eigenvalue weighted by molar-refractivity contribution is 0.00865. The Hall–Kier alpha value is -1.30. The first kappa shape index (κ1) is 22.0. The van der Waals surface area contributed by atoms with Gasteiger partial charge in [-0.3, -0.25) is 0 Å². The van der Waals surface area contributed by atoms with Crippen LogP contribution in [0.3, 0.4) is 0 Å². The largest absolute Gasteiger partial charge is 0.415 e. The van der Waals surface area contributed by atoms with Gasteiger partial charge in [-0.25, -0.2) is 4.79 Å². The van der Waals surface area contributed by atoms with Gasteiger partial charge >= 0.3 is 6.09 Å². The van der Waals surface area contributed by atoms with Crippen molar-refractivity contribution < 1.29 is 14.3 Å². The smallest absolute Gasteiger partial charge is 0.410 e. The summed E-state index contributed by atoms with van der Waals surface area (Å²) in [5, 5.41) is 0.624. The Balaban J connectivity index is 1.66. The lowest BCUT2D eigenvalue weighted by atomic mass is 9.92. The molecular weight excluding hydrogens is 364 g/mol. The van der Waals surface area contributed by atoms with Gasteiger partial charge in [-0.15, -0.1) is 0 Å². The molecule has 0 aromatic heterocycles. The molecule has 0 atom stereocenters. The summed E-state index contributed by atoms with van der Waals surface area (Å²) in [7, 11) is 1.81. The van der Waals surface area contributed by atoms with Crippen LogP contribution < -0.4 is 4.74 Å². The summed E-state index contributed by atoms with van der Waals surface area (Å²) < 4.78 is 11.5. The Kier molecular flexibility index (Phi) is 9.39. The third kappa shape index (κ3) is 7.32. The van der Waals surface area contributed by atoms with E-state index in [2.05, 4.69) is 18.7 Å². The number of nitrogens with zero attached hydrogens (tertiary/aromatic N) is 2. The van der Waals surface area contributed by atoms with Gasteiger partial charge in [0.2, 0.25) is 0 Å². The second-order valence-corrected chi connectivity index (χ2v) is 7.55. The first-order valence-electron chi connectivity index (χ1n) is 10.1. The Bertz CT molecular complexity index is 555. The Morgan fingerprint density at radius 2 is 1.74 bits per heavy atom. The predicted molar refractivity (Wildman–Crippen MR) is 110 cm³/mol. The molecule has 27 heavy (non-hydrogen) atoms. The van der Waals surface area contributed by atoms with Crippen LogP contribution in [0.4, 0.5) is 4.79 Å². The molecule has 1 aliphatic carbocycles. The molecule has 0 bridgehead atoms. The number of benzene rings is 1. The van der Waals surface area contributed by atoms with E-state index in [1.54, 1.807) is 29.2 Å². The first-order valence-corrected chi connectivity index (χ1v) is 10.4. The zero-order valence-electron chi connectivity index (χ0n) is 16.8. The van der Waals surface area contributed by atoms with Crippen molar-refractivity contribution in [3.8, 4) is 5.75 Å². The van der Waals surface area contributed by atoms with Crippen molar-refractivity contribution in [1.29, 1.82) is 0 Å². The predicted octanol–water partition coefficient (Wildman–Crippen LogP) is 4.83. The summed E-state index contributed by atoms with van der Waals surface area (Å²) >= 11 is 5.86. The van der Waals surface area contributed by atoms with Gasteiger partial charge in [-0.05, 0) is 69.5 Å². The fourth-order valence-electron chi connectivity index (χ4n) is 3.50. The van der Waals surface area contributed by atoms with E-state index in [1.807, 2.05) is 7.05 Å². The number of hydrogen-bond donors (Lipinski definition) is 0. The quantitative estimate of drug-likeness (QED) is 0.560. The van der Waals surface area contributed by atoms with Crippen LogP contribution in [0.25, 0.3) is 0 Å². The molecule has 1 fully saturated rings. The SMILES string of the molecule is CCN(CC)CCCOC1CCC(N(C)C(=O)Oc2ccc(Cl)cc2)CC1. The average Bonchev–Trinajstić information content (AvgIpc) is 2.69. The summed E-state index contributed by atoms with van der Waals surface area (Å²) in [4.78, 5) is 16.5. The van der Waals surface area contributed by atoms with Gasteiger partial charge in [0.15, 0.2) is 0 Å². The van der Waals surface area contributed by atoms with Crippen LogP contribution in [0, 0.1) is 0 Å². The van der Waals surface area contributed by atoms with E-state index in [0.717, 1.165) is 58.3 Å². The Labute approximate surface area is 168 Å². The molecule has 0 unspecified atom stereocenters. The number of carbonyl (C=O) groups excluding carboxylic acids is 1. The maximum atomic E-state index is 12.3. The molecule has 0 N–H and O–H groups in total. The number of ether oxygens (including phenoxy) is 2. The minimum absolute atomic E-state index is 0.209. The molecule has 1 aromatic carbocycles.